The second-order valence-corrected chi connectivity index (χ2v) is 6.72. The highest BCUT2D eigenvalue weighted by Gasteiger charge is 2.22. The molecular formula is C23H25N2O+. The van der Waals surface area contributed by atoms with Crippen LogP contribution in [0.1, 0.15) is 40.3 Å². The first-order chi connectivity index (χ1) is 13.6. The number of furan rings is 1. The van der Waals surface area contributed by atoms with Crippen LogP contribution < -0.4 is 4.57 Å². The molecule has 3 nitrogen and oxygen atoms in total. The maximum atomic E-state index is 8.29. The summed E-state index contributed by atoms with van der Waals surface area (Å²) in [7, 11) is 1.91. The van der Waals surface area contributed by atoms with Crippen molar-refractivity contribution >= 4 is 22.1 Å². The number of hydrogen-bond acceptors (Lipinski definition) is 2. The van der Waals surface area contributed by atoms with Crippen LogP contribution in [-0.2, 0) is 19.8 Å². The van der Waals surface area contributed by atoms with Gasteiger partial charge >= 0.3 is 0 Å². The SMILES string of the molecule is [2H]C(C)c1cc(-c2c(C)ccc3c2oc2nc(C)ccc23)[n+](C)cc1C([2H])([2H])C. The van der Waals surface area contributed by atoms with Gasteiger partial charge in [-0.1, -0.05) is 26.0 Å². The van der Waals surface area contributed by atoms with Crippen molar-refractivity contribution < 1.29 is 13.1 Å². The van der Waals surface area contributed by atoms with E-state index in [1.165, 1.54) is 6.92 Å². The van der Waals surface area contributed by atoms with Gasteiger partial charge in [-0.15, -0.1) is 0 Å². The van der Waals surface area contributed by atoms with Crippen LogP contribution in [0.4, 0.5) is 0 Å². The van der Waals surface area contributed by atoms with Crippen molar-refractivity contribution in [3.63, 3.8) is 0 Å². The first kappa shape index (κ1) is 13.5. The van der Waals surface area contributed by atoms with E-state index in [-0.39, 0.29) is 0 Å². The average molecular weight is 348 g/mol. The molecule has 1 atom stereocenters. The van der Waals surface area contributed by atoms with Crippen LogP contribution >= 0.6 is 0 Å². The summed E-state index contributed by atoms with van der Waals surface area (Å²) in [4.78, 5) is 4.54. The van der Waals surface area contributed by atoms with Gasteiger partial charge in [0.1, 0.15) is 7.05 Å². The van der Waals surface area contributed by atoms with E-state index in [1.807, 2.05) is 43.7 Å². The van der Waals surface area contributed by atoms with E-state index in [9.17, 15) is 0 Å². The largest absolute Gasteiger partial charge is 0.437 e. The van der Waals surface area contributed by atoms with Gasteiger partial charge in [-0.25, -0.2) is 9.55 Å². The Bertz CT molecular complexity index is 1250. The molecule has 0 saturated heterocycles. The maximum absolute atomic E-state index is 8.29. The molecule has 1 unspecified atom stereocenters. The first-order valence-corrected chi connectivity index (χ1v) is 8.84. The summed E-state index contributed by atoms with van der Waals surface area (Å²) in [6.45, 7) is 7.29. The lowest BCUT2D eigenvalue weighted by Gasteiger charge is -2.10. The molecular weight excluding hydrogens is 320 g/mol. The Hall–Kier alpha value is -2.68. The summed E-state index contributed by atoms with van der Waals surface area (Å²) >= 11 is 0. The Balaban J connectivity index is 2.08. The van der Waals surface area contributed by atoms with Gasteiger partial charge in [0.05, 0.1) is 5.56 Å². The Morgan fingerprint density at radius 2 is 1.85 bits per heavy atom. The van der Waals surface area contributed by atoms with E-state index in [4.69, 9.17) is 8.53 Å². The van der Waals surface area contributed by atoms with Crippen molar-refractivity contribution in [1.29, 1.82) is 0 Å². The van der Waals surface area contributed by atoms with Crippen molar-refractivity contribution in [3.8, 4) is 11.3 Å². The number of fused-ring (bicyclic) bond motifs is 3. The third kappa shape index (κ3) is 2.50. The van der Waals surface area contributed by atoms with Crippen LogP contribution in [0.5, 0.6) is 0 Å². The van der Waals surface area contributed by atoms with E-state index >= 15 is 0 Å². The third-order valence-corrected chi connectivity index (χ3v) is 5.00. The van der Waals surface area contributed by atoms with E-state index in [2.05, 4.69) is 17.1 Å². The fraction of sp³-hybridized carbons (Fsp3) is 0.304. The summed E-state index contributed by atoms with van der Waals surface area (Å²) in [5.74, 6) is 0. The molecule has 0 aliphatic rings. The lowest BCUT2D eigenvalue weighted by atomic mass is 9.97. The highest BCUT2D eigenvalue weighted by molar-refractivity contribution is 6.08. The number of nitrogens with zero attached hydrogens (tertiary/aromatic N) is 2. The number of hydrogen-bond donors (Lipinski definition) is 0. The van der Waals surface area contributed by atoms with Crippen LogP contribution in [0.3, 0.4) is 0 Å². The van der Waals surface area contributed by atoms with Crippen LogP contribution in [0.2, 0.25) is 0 Å². The summed E-state index contributed by atoms with van der Waals surface area (Å²) in [5, 5.41) is 1.98. The zero-order valence-corrected chi connectivity index (χ0v) is 15.8. The molecule has 0 radical (unpaired) electrons. The quantitative estimate of drug-likeness (QED) is 0.475. The van der Waals surface area contributed by atoms with Gasteiger partial charge in [-0.3, -0.25) is 0 Å². The van der Waals surface area contributed by atoms with E-state index in [0.717, 1.165) is 38.9 Å². The molecule has 1 aromatic carbocycles. The van der Waals surface area contributed by atoms with Crippen molar-refractivity contribution in [2.75, 3.05) is 0 Å². The topological polar surface area (TPSA) is 29.9 Å². The van der Waals surface area contributed by atoms with E-state index in [0.29, 0.717) is 16.8 Å². The Labute approximate surface area is 158 Å². The van der Waals surface area contributed by atoms with Gasteiger partial charge < -0.3 is 4.42 Å². The minimum atomic E-state index is -1.53. The molecule has 0 aliphatic carbocycles. The van der Waals surface area contributed by atoms with Gasteiger partial charge in [0.25, 0.3) is 0 Å². The Kier molecular flexibility index (Phi) is 3.24. The number of aromatic nitrogens is 2. The van der Waals surface area contributed by atoms with Gasteiger partial charge in [-0.05, 0) is 49.9 Å². The smallest absolute Gasteiger partial charge is 0.227 e. The Morgan fingerprint density at radius 3 is 2.58 bits per heavy atom. The number of pyridine rings is 2. The summed E-state index contributed by atoms with van der Waals surface area (Å²) in [6, 6.07) is 10.1. The second kappa shape index (κ2) is 6.24. The molecule has 4 rings (SSSR count). The fourth-order valence-electron chi connectivity index (χ4n) is 3.59. The van der Waals surface area contributed by atoms with E-state index < -0.39 is 12.8 Å². The van der Waals surface area contributed by atoms with Crippen molar-refractivity contribution in [3.05, 3.63) is 58.9 Å². The molecule has 132 valence electrons. The molecule has 0 spiro atoms. The minimum Gasteiger partial charge on any atom is -0.437 e. The molecule has 0 saturated carbocycles. The summed E-state index contributed by atoms with van der Waals surface area (Å²) in [5.41, 5.74) is 6.41. The van der Waals surface area contributed by atoms with Crippen LogP contribution in [0, 0.1) is 13.8 Å². The van der Waals surface area contributed by atoms with Crippen molar-refractivity contribution in [1.82, 2.24) is 4.98 Å². The number of benzene rings is 1. The summed E-state index contributed by atoms with van der Waals surface area (Å²) < 4.78 is 32.8. The van der Waals surface area contributed by atoms with E-state index in [1.54, 1.807) is 13.1 Å². The highest BCUT2D eigenvalue weighted by Crippen LogP contribution is 2.36. The lowest BCUT2D eigenvalue weighted by molar-refractivity contribution is -0.660. The monoisotopic (exact) mass is 348 g/mol. The first-order valence-electron chi connectivity index (χ1n) is 10.4. The zero-order chi connectivity index (χ0) is 21.1. The predicted molar refractivity (Wildman–Crippen MR) is 106 cm³/mol. The lowest BCUT2D eigenvalue weighted by Crippen LogP contribution is -2.32. The molecule has 3 heterocycles. The molecule has 3 aromatic heterocycles. The van der Waals surface area contributed by atoms with Crippen LogP contribution in [0.25, 0.3) is 33.3 Å². The molecule has 0 N–H and O–H groups in total. The minimum absolute atomic E-state index is 0.540. The average Bonchev–Trinajstić information content (AvgIpc) is 2.98. The standard InChI is InChI=1S/C23H25N2O/c1-6-16-12-20(25(5)13-17(16)7-2)21-14(3)8-10-18-19-11-9-15(4)24-23(19)26-22(18)21/h8-13H,6-7H2,1-5H3/q+1/i6D,7D2. The van der Waals surface area contributed by atoms with Crippen molar-refractivity contribution in [2.45, 2.75) is 40.5 Å². The third-order valence-electron chi connectivity index (χ3n) is 5.00. The van der Waals surface area contributed by atoms with Gasteiger partial charge in [0, 0.05) is 32.2 Å². The summed E-state index contributed by atoms with van der Waals surface area (Å²) in [6.07, 6.45) is -0.263. The van der Waals surface area contributed by atoms with Gasteiger partial charge in [-0.2, -0.15) is 0 Å². The number of rotatable bonds is 3. The molecule has 4 aromatic rings. The normalized spacial score (nSPS) is 15.0. The maximum Gasteiger partial charge on any atom is 0.227 e. The van der Waals surface area contributed by atoms with Crippen LogP contribution in [-0.4, -0.2) is 4.98 Å². The van der Waals surface area contributed by atoms with Crippen LogP contribution in [0.15, 0.2) is 40.9 Å². The highest BCUT2D eigenvalue weighted by atomic mass is 16.3. The van der Waals surface area contributed by atoms with Crippen molar-refractivity contribution in [2.24, 2.45) is 7.05 Å². The number of aryl methyl sites for hydroxylation is 5. The molecule has 26 heavy (non-hydrogen) atoms. The molecule has 0 aliphatic heterocycles. The fourth-order valence-corrected chi connectivity index (χ4v) is 3.59. The van der Waals surface area contributed by atoms with Gasteiger partial charge in [0.15, 0.2) is 11.8 Å². The van der Waals surface area contributed by atoms with Gasteiger partial charge in [0.2, 0.25) is 11.4 Å². The zero-order valence-electron chi connectivity index (χ0n) is 18.8. The Morgan fingerprint density at radius 1 is 1.08 bits per heavy atom. The molecule has 3 heteroatoms. The molecule has 0 bridgehead atoms. The second-order valence-electron chi connectivity index (χ2n) is 6.72. The molecule has 0 fully saturated rings. The molecule has 0 amide bonds. The predicted octanol–water partition coefficient (Wildman–Crippen LogP) is 5.21.